The van der Waals surface area contributed by atoms with Crippen LogP contribution in [-0.2, 0) is 4.79 Å². The molecular formula is C13H18FN3O. The zero-order valence-electron chi connectivity index (χ0n) is 10.5. The van der Waals surface area contributed by atoms with Gasteiger partial charge in [0.25, 0.3) is 0 Å². The van der Waals surface area contributed by atoms with Gasteiger partial charge in [-0.2, -0.15) is 0 Å². The van der Waals surface area contributed by atoms with Gasteiger partial charge in [0, 0.05) is 18.8 Å². The zero-order valence-corrected chi connectivity index (χ0v) is 10.5. The lowest BCUT2D eigenvalue weighted by atomic mass is 10.1. The van der Waals surface area contributed by atoms with Gasteiger partial charge >= 0.3 is 0 Å². The first-order valence-corrected chi connectivity index (χ1v) is 6.10. The van der Waals surface area contributed by atoms with Crippen molar-refractivity contribution in [2.45, 2.75) is 12.5 Å². The Hall–Kier alpha value is -1.46. The number of hydrogen-bond acceptors (Lipinski definition) is 3. The van der Waals surface area contributed by atoms with E-state index in [9.17, 15) is 9.18 Å². The van der Waals surface area contributed by atoms with E-state index in [0.717, 1.165) is 12.2 Å². The Kier molecular flexibility index (Phi) is 3.93. The molecule has 98 valence electrons. The van der Waals surface area contributed by atoms with Crippen molar-refractivity contribution >= 4 is 11.6 Å². The van der Waals surface area contributed by atoms with Gasteiger partial charge in [0.15, 0.2) is 0 Å². The Morgan fingerprint density at radius 2 is 2.00 bits per heavy atom. The molecule has 0 spiro atoms. The summed E-state index contributed by atoms with van der Waals surface area (Å²) in [5.74, 6) is -0.250. The first-order valence-electron chi connectivity index (χ1n) is 6.10. The molecule has 1 amide bonds. The maximum Gasteiger partial charge on any atom is 0.244 e. The van der Waals surface area contributed by atoms with Gasteiger partial charge in [-0.05, 0) is 44.3 Å². The number of carbonyl (C=O) groups is 1. The Balaban J connectivity index is 2.18. The van der Waals surface area contributed by atoms with Crippen LogP contribution < -0.4 is 10.6 Å². The molecule has 18 heavy (non-hydrogen) atoms. The predicted octanol–water partition coefficient (Wildman–Crippen LogP) is 0.821. The second-order valence-electron chi connectivity index (χ2n) is 4.54. The quantitative estimate of drug-likeness (QED) is 0.865. The average Bonchev–Trinajstić information content (AvgIpc) is 2.36. The standard InChI is InChI=1S/C13H18FN3O/c1-16-8-9-17(13(18)12(16)6-7-15)11-4-2-10(14)3-5-11/h2-5,12H,6-9,15H2,1H3. The first-order chi connectivity index (χ1) is 8.63. The Morgan fingerprint density at radius 3 is 2.61 bits per heavy atom. The second-order valence-corrected chi connectivity index (χ2v) is 4.54. The van der Waals surface area contributed by atoms with Crippen LogP contribution in [0.3, 0.4) is 0 Å². The lowest BCUT2D eigenvalue weighted by Gasteiger charge is -2.38. The van der Waals surface area contributed by atoms with Crippen molar-refractivity contribution in [3.63, 3.8) is 0 Å². The van der Waals surface area contributed by atoms with E-state index in [0.29, 0.717) is 19.5 Å². The number of nitrogens with zero attached hydrogens (tertiary/aromatic N) is 2. The minimum Gasteiger partial charge on any atom is -0.330 e. The summed E-state index contributed by atoms with van der Waals surface area (Å²) in [6.07, 6.45) is 0.646. The fraction of sp³-hybridized carbons (Fsp3) is 0.462. The summed E-state index contributed by atoms with van der Waals surface area (Å²) in [5, 5.41) is 0. The molecule has 1 aromatic rings. The lowest BCUT2D eigenvalue weighted by Crippen LogP contribution is -2.56. The van der Waals surface area contributed by atoms with E-state index >= 15 is 0 Å². The van der Waals surface area contributed by atoms with Crippen LogP contribution in [0, 0.1) is 5.82 Å². The molecule has 0 aromatic heterocycles. The van der Waals surface area contributed by atoms with E-state index in [4.69, 9.17) is 5.73 Å². The molecule has 1 saturated heterocycles. The summed E-state index contributed by atoms with van der Waals surface area (Å²) in [5.41, 5.74) is 6.29. The number of hydrogen-bond donors (Lipinski definition) is 1. The van der Waals surface area contributed by atoms with Crippen molar-refractivity contribution in [3.05, 3.63) is 30.1 Å². The number of carbonyl (C=O) groups excluding carboxylic acids is 1. The third kappa shape index (κ3) is 2.52. The van der Waals surface area contributed by atoms with Gasteiger partial charge < -0.3 is 10.6 Å². The molecule has 0 saturated carbocycles. The minimum absolute atomic E-state index is 0.0424. The smallest absolute Gasteiger partial charge is 0.244 e. The van der Waals surface area contributed by atoms with Crippen LogP contribution >= 0.6 is 0 Å². The number of piperazine rings is 1. The van der Waals surface area contributed by atoms with E-state index in [1.54, 1.807) is 17.0 Å². The monoisotopic (exact) mass is 251 g/mol. The van der Waals surface area contributed by atoms with E-state index in [1.165, 1.54) is 12.1 Å². The molecule has 1 atom stereocenters. The lowest BCUT2D eigenvalue weighted by molar-refractivity contribution is -0.125. The summed E-state index contributed by atoms with van der Waals surface area (Å²) < 4.78 is 12.9. The third-order valence-corrected chi connectivity index (χ3v) is 3.34. The Bertz CT molecular complexity index is 421. The molecule has 2 rings (SSSR count). The second kappa shape index (κ2) is 5.46. The van der Waals surface area contributed by atoms with Crippen LogP contribution in [-0.4, -0.2) is 43.5 Å². The summed E-state index contributed by atoms with van der Waals surface area (Å²) in [6, 6.07) is 5.85. The Morgan fingerprint density at radius 1 is 1.33 bits per heavy atom. The highest BCUT2D eigenvalue weighted by Gasteiger charge is 2.32. The van der Waals surface area contributed by atoms with Gasteiger partial charge in [-0.1, -0.05) is 0 Å². The number of likely N-dealkylation sites (N-methyl/N-ethyl adjacent to an activating group) is 1. The average molecular weight is 251 g/mol. The SMILES string of the molecule is CN1CCN(c2ccc(F)cc2)C(=O)C1CCN. The maximum atomic E-state index is 12.9. The van der Waals surface area contributed by atoms with E-state index in [2.05, 4.69) is 0 Å². The highest BCUT2D eigenvalue weighted by Crippen LogP contribution is 2.21. The van der Waals surface area contributed by atoms with Crippen LogP contribution in [0.4, 0.5) is 10.1 Å². The molecule has 4 nitrogen and oxygen atoms in total. The molecule has 1 aliphatic heterocycles. The fourth-order valence-corrected chi connectivity index (χ4v) is 2.27. The number of rotatable bonds is 3. The van der Waals surface area contributed by atoms with E-state index in [-0.39, 0.29) is 17.8 Å². The van der Waals surface area contributed by atoms with Gasteiger partial charge in [-0.25, -0.2) is 4.39 Å². The van der Waals surface area contributed by atoms with Crippen LogP contribution in [0.5, 0.6) is 0 Å². The van der Waals surface area contributed by atoms with Crippen LogP contribution in [0.2, 0.25) is 0 Å². The largest absolute Gasteiger partial charge is 0.330 e. The summed E-state index contributed by atoms with van der Waals surface area (Å²) >= 11 is 0. The minimum atomic E-state index is -0.293. The highest BCUT2D eigenvalue weighted by atomic mass is 19.1. The van der Waals surface area contributed by atoms with Crippen molar-refractivity contribution < 1.29 is 9.18 Å². The molecule has 1 aromatic carbocycles. The third-order valence-electron chi connectivity index (χ3n) is 3.34. The molecule has 0 radical (unpaired) electrons. The highest BCUT2D eigenvalue weighted by molar-refractivity contribution is 5.97. The van der Waals surface area contributed by atoms with Gasteiger partial charge in [0.05, 0.1) is 6.04 Å². The van der Waals surface area contributed by atoms with Gasteiger partial charge in [0.1, 0.15) is 5.82 Å². The zero-order chi connectivity index (χ0) is 13.1. The molecular weight excluding hydrogens is 233 g/mol. The van der Waals surface area contributed by atoms with Crippen LogP contribution in [0.15, 0.2) is 24.3 Å². The number of nitrogens with two attached hydrogens (primary N) is 1. The Labute approximate surface area is 106 Å². The van der Waals surface area contributed by atoms with Crippen molar-refractivity contribution in [3.8, 4) is 0 Å². The molecule has 1 heterocycles. The fourth-order valence-electron chi connectivity index (χ4n) is 2.27. The summed E-state index contributed by atoms with van der Waals surface area (Å²) in [6.45, 7) is 1.91. The van der Waals surface area contributed by atoms with E-state index in [1.807, 2.05) is 11.9 Å². The van der Waals surface area contributed by atoms with Crippen molar-refractivity contribution in [2.75, 3.05) is 31.6 Å². The summed E-state index contributed by atoms with van der Waals surface area (Å²) in [4.78, 5) is 16.1. The van der Waals surface area contributed by atoms with Gasteiger partial charge in [-0.3, -0.25) is 9.69 Å². The molecule has 1 aliphatic rings. The molecule has 0 bridgehead atoms. The van der Waals surface area contributed by atoms with Crippen molar-refractivity contribution in [1.82, 2.24) is 4.90 Å². The van der Waals surface area contributed by atoms with Crippen molar-refractivity contribution in [2.24, 2.45) is 5.73 Å². The van der Waals surface area contributed by atoms with Crippen LogP contribution in [0.25, 0.3) is 0 Å². The van der Waals surface area contributed by atoms with Gasteiger partial charge in [0.2, 0.25) is 5.91 Å². The number of halogens is 1. The molecule has 1 fully saturated rings. The topological polar surface area (TPSA) is 49.6 Å². The molecule has 0 aliphatic carbocycles. The van der Waals surface area contributed by atoms with Crippen molar-refractivity contribution in [1.29, 1.82) is 0 Å². The normalized spacial score (nSPS) is 21.4. The summed E-state index contributed by atoms with van der Waals surface area (Å²) in [7, 11) is 1.93. The number of benzene rings is 1. The molecule has 2 N–H and O–H groups in total. The molecule has 5 heteroatoms. The van der Waals surface area contributed by atoms with Gasteiger partial charge in [-0.15, -0.1) is 0 Å². The first kappa shape index (κ1) is 13.0. The maximum absolute atomic E-state index is 12.9. The predicted molar refractivity (Wildman–Crippen MR) is 68.8 cm³/mol. The van der Waals surface area contributed by atoms with E-state index < -0.39 is 0 Å². The van der Waals surface area contributed by atoms with Crippen LogP contribution in [0.1, 0.15) is 6.42 Å². The number of amides is 1. The number of anilines is 1. The molecule has 1 unspecified atom stereocenters.